The smallest absolute Gasteiger partial charge is 0.257 e. The van der Waals surface area contributed by atoms with Crippen LogP contribution >= 0.6 is 0 Å². The quantitative estimate of drug-likeness (QED) is 0.777. The van der Waals surface area contributed by atoms with Gasteiger partial charge in [-0.15, -0.1) is 0 Å². The topological polar surface area (TPSA) is 77.9 Å². The van der Waals surface area contributed by atoms with Crippen LogP contribution < -0.4 is 10.1 Å². The number of ether oxygens (including phenoxy) is 1. The summed E-state index contributed by atoms with van der Waals surface area (Å²) in [5, 5.41) is 12.6. The highest BCUT2D eigenvalue weighted by Gasteiger charge is 2.14. The van der Waals surface area contributed by atoms with Gasteiger partial charge in [0.1, 0.15) is 11.8 Å². The highest BCUT2D eigenvalue weighted by Crippen LogP contribution is 2.24. The van der Waals surface area contributed by atoms with Crippen LogP contribution in [-0.4, -0.2) is 18.0 Å². The van der Waals surface area contributed by atoms with E-state index in [1.165, 1.54) is 0 Å². The van der Waals surface area contributed by atoms with E-state index in [1.54, 1.807) is 43.6 Å². The van der Waals surface area contributed by atoms with Crippen molar-refractivity contribution in [1.82, 2.24) is 4.98 Å². The fourth-order valence-electron chi connectivity index (χ4n) is 2.30. The van der Waals surface area contributed by atoms with E-state index in [0.29, 0.717) is 16.8 Å². The van der Waals surface area contributed by atoms with Gasteiger partial charge in [0.2, 0.25) is 0 Å². The van der Waals surface area contributed by atoms with E-state index in [4.69, 9.17) is 10.00 Å². The summed E-state index contributed by atoms with van der Waals surface area (Å²) in [5.41, 5.74) is 2.26. The molecule has 3 aromatic rings. The summed E-state index contributed by atoms with van der Waals surface area (Å²) in [6.45, 7) is 0. The van der Waals surface area contributed by atoms with Crippen LogP contribution in [0.4, 0.5) is 5.69 Å². The number of methoxy groups -OCH3 is 1. The maximum absolute atomic E-state index is 12.4. The van der Waals surface area contributed by atoms with Crippen LogP contribution in [-0.2, 0) is 0 Å². The first-order chi connectivity index (χ1) is 10.7. The molecule has 0 aliphatic carbocycles. The van der Waals surface area contributed by atoms with Crippen molar-refractivity contribution in [3.05, 3.63) is 59.8 Å². The van der Waals surface area contributed by atoms with Crippen molar-refractivity contribution in [3.63, 3.8) is 0 Å². The van der Waals surface area contributed by atoms with Crippen molar-refractivity contribution in [3.8, 4) is 11.8 Å². The van der Waals surface area contributed by atoms with E-state index in [1.807, 2.05) is 12.1 Å². The van der Waals surface area contributed by atoms with E-state index in [-0.39, 0.29) is 5.91 Å². The fraction of sp³-hybridized carbons (Fsp3) is 0.0588. The maximum Gasteiger partial charge on any atom is 0.257 e. The summed E-state index contributed by atoms with van der Waals surface area (Å²) in [5.74, 6) is 0.454. The first-order valence-corrected chi connectivity index (χ1v) is 6.68. The molecule has 0 saturated carbocycles. The Morgan fingerprint density at radius 2 is 2.09 bits per heavy atom. The SMILES string of the molecule is COc1ccc2c(C(=O)Nc3ccccc3C#N)c[nH]c2c1. The normalized spacial score (nSPS) is 10.2. The van der Waals surface area contributed by atoms with E-state index in [9.17, 15) is 4.79 Å². The number of aromatic nitrogens is 1. The summed E-state index contributed by atoms with van der Waals surface area (Å²) in [6, 6.07) is 14.4. The molecule has 0 unspecified atom stereocenters. The lowest BCUT2D eigenvalue weighted by Gasteiger charge is -2.06. The molecular formula is C17H13N3O2. The number of anilines is 1. The second-order valence-electron chi connectivity index (χ2n) is 4.73. The number of rotatable bonds is 3. The lowest BCUT2D eigenvalue weighted by Crippen LogP contribution is -2.12. The molecule has 0 bridgehead atoms. The highest BCUT2D eigenvalue weighted by atomic mass is 16.5. The Morgan fingerprint density at radius 3 is 2.86 bits per heavy atom. The highest BCUT2D eigenvalue weighted by molar-refractivity contribution is 6.13. The van der Waals surface area contributed by atoms with Crippen LogP contribution in [0.15, 0.2) is 48.7 Å². The Kier molecular flexibility index (Phi) is 3.50. The second-order valence-corrected chi connectivity index (χ2v) is 4.73. The Morgan fingerprint density at radius 1 is 1.27 bits per heavy atom. The fourth-order valence-corrected chi connectivity index (χ4v) is 2.30. The molecule has 2 aromatic carbocycles. The maximum atomic E-state index is 12.4. The molecule has 5 heteroatoms. The molecular weight excluding hydrogens is 278 g/mol. The molecule has 2 N–H and O–H groups in total. The molecule has 1 heterocycles. The molecule has 108 valence electrons. The lowest BCUT2D eigenvalue weighted by molar-refractivity contribution is 0.102. The molecule has 1 aromatic heterocycles. The van der Waals surface area contributed by atoms with Gasteiger partial charge in [-0.3, -0.25) is 4.79 Å². The largest absolute Gasteiger partial charge is 0.497 e. The number of benzene rings is 2. The van der Waals surface area contributed by atoms with Crippen molar-refractivity contribution in [2.24, 2.45) is 0 Å². The van der Waals surface area contributed by atoms with Gasteiger partial charge in [-0.05, 0) is 24.3 Å². The summed E-state index contributed by atoms with van der Waals surface area (Å²) in [4.78, 5) is 15.5. The summed E-state index contributed by atoms with van der Waals surface area (Å²) in [6.07, 6.45) is 1.65. The van der Waals surface area contributed by atoms with Gasteiger partial charge in [0.05, 0.1) is 23.9 Å². The minimum atomic E-state index is -0.265. The van der Waals surface area contributed by atoms with E-state index in [2.05, 4.69) is 16.4 Å². The molecule has 0 aliphatic heterocycles. The Labute approximate surface area is 127 Å². The summed E-state index contributed by atoms with van der Waals surface area (Å²) >= 11 is 0. The zero-order valence-corrected chi connectivity index (χ0v) is 11.9. The molecule has 1 amide bonds. The third kappa shape index (κ3) is 2.38. The minimum absolute atomic E-state index is 0.265. The average Bonchev–Trinajstić information content (AvgIpc) is 2.98. The number of hydrogen-bond acceptors (Lipinski definition) is 3. The standard InChI is InChI=1S/C17H13N3O2/c1-22-12-6-7-13-14(10-19-16(13)8-12)17(21)20-15-5-3-2-4-11(15)9-18/h2-8,10,19H,1H3,(H,20,21). The van der Waals surface area contributed by atoms with E-state index >= 15 is 0 Å². The van der Waals surface area contributed by atoms with Crippen molar-refractivity contribution < 1.29 is 9.53 Å². The molecule has 0 atom stereocenters. The molecule has 0 aliphatic rings. The van der Waals surface area contributed by atoms with Crippen LogP contribution in [0.2, 0.25) is 0 Å². The lowest BCUT2D eigenvalue weighted by atomic mass is 10.1. The van der Waals surface area contributed by atoms with Crippen LogP contribution in [0.3, 0.4) is 0 Å². The van der Waals surface area contributed by atoms with Crippen LogP contribution in [0.5, 0.6) is 5.75 Å². The van der Waals surface area contributed by atoms with Gasteiger partial charge in [-0.1, -0.05) is 12.1 Å². The molecule has 0 radical (unpaired) electrons. The Bertz CT molecular complexity index is 890. The van der Waals surface area contributed by atoms with Crippen molar-refractivity contribution in [2.75, 3.05) is 12.4 Å². The molecule has 22 heavy (non-hydrogen) atoms. The first-order valence-electron chi connectivity index (χ1n) is 6.68. The number of carbonyl (C=O) groups excluding carboxylic acids is 1. The number of nitriles is 1. The van der Waals surface area contributed by atoms with Gasteiger partial charge >= 0.3 is 0 Å². The molecule has 3 rings (SSSR count). The van der Waals surface area contributed by atoms with Gasteiger partial charge in [-0.25, -0.2) is 0 Å². The van der Waals surface area contributed by atoms with Crippen molar-refractivity contribution >= 4 is 22.5 Å². The van der Waals surface area contributed by atoms with Gasteiger partial charge < -0.3 is 15.0 Å². The zero-order chi connectivity index (χ0) is 15.5. The first kappa shape index (κ1) is 13.7. The second kappa shape index (κ2) is 5.62. The number of aromatic amines is 1. The van der Waals surface area contributed by atoms with Crippen molar-refractivity contribution in [1.29, 1.82) is 5.26 Å². The van der Waals surface area contributed by atoms with Crippen molar-refractivity contribution in [2.45, 2.75) is 0 Å². The number of hydrogen-bond donors (Lipinski definition) is 2. The van der Waals surface area contributed by atoms with Gasteiger partial charge in [0, 0.05) is 23.2 Å². The van der Waals surface area contributed by atoms with Crippen LogP contribution in [0, 0.1) is 11.3 Å². The summed E-state index contributed by atoms with van der Waals surface area (Å²) < 4.78 is 5.16. The predicted molar refractivity (Wildman–Crippen MR) is 84.0 cm³/mol. The molecule has 5 nitrogen and oxygen atoms in total. The number of para-hydroxylation sites is 1. The van der Waals surface area contributed by atoms with E-state index < -0.39 is 0 Å². The van der Waals surface area contributed by atoms with Crippen LogP contribution in [0.25, 0.3) is 10.9 Å². The minimum Gasteiger partial charge on any atom is -0.497 e. The Hall–Kier alpha value is -3.26. The number of nitrogens with one attached hydrogen (secondary N) is 2. The third-order valence-electron chi connectivity index (χ3n) is 3.43. The Balaban J connectivity index is 1.94. The number of fused-ring (bicyclic) bond motifs is 1. The molecule has 0 fully saturated rings. The third-order valence-corrected chi connectivity index (χ3v) is 3.43. The number of H-pyrrole nitrogens is 1. The van der Waals surface area contributed by atoms with Gasteiger partial charge in [-0.2, -0.15) is 5.26 Å². The van der Waals surface area contributed by atoms with Gasteiger partial charge in [0.25, 0.3) is 5.91 Å². The molecule has 0 spiro atoms. The zero-order valence-electron chi connectivity index (χ0n) is 11.9. The van der Waals surface area contributed by atoms with Crippen LogP contribution in [0.1, 0.15) is 15.9 Å². The average molecular weight is 291 g/mol. The summed E-state index contributed by atoms with van der Waals surface area (Å²) in [7, 11) is 1.59. The number of carbonyl (C=O) groups is 1. The van der Waals surface area contributed by atoms with E-state index in [0.717, 1.165) is 16.7 Å². The monoisotopic (exact) mass is 291 g/mol. The number of nitrogens with zero attached hydrogens (tertiary/aromatic N) is 1. The molecule has 0 saturated heterocycles. The number of amides is 1. The van der Waals surface area contributed by atoms with Gasteiger partial charge in [0.15, 0.2) is 0 Å². The predicted octanol–water partition coefficient (Wildman–Crippen LogP) is 3.30.